The molecule has 10 heavy (non-hydrogen) atoms. The summed E-state index contributed by atoms with van der Waals surface area (Å²) >= 11 is 0. The van der Waals surface area contributed by atoms with Crippen LogP contribution in [0.25, 0.3) is 0 Å². The highest BCUT2D eigenvalue weighted by atomic mass is 16.5. The molecule has 3 atom stereocenters. The van der Waals surface area contributed by atoms with Crippen molar-refractivity contribution in [1.82, 2.24) is 5.32 Å². The van der Waals surface area contributed by atoms with Crippen molar-refractivity contribution in [2.75, 3.05) is 13.2 Å². The monoisotopic (exact) mass is 143 g/mol. The molecule has 2 N–H and O–H groups in total. The molecule has 2 saturated heterocycles. The van der Waals surface area contributed by atoms with Gasteiger partial charge in [0.15, 0.2) is 0 Å². The summed E-state index contributed by atoms with van der Waals surface area (Å²) in [6, 6.07) is 0.812. The Balaban J connectivity index is 1.94. The first-order valence-corrected chi connectivity index (χ1v) is 3.88. The lowest BCUT2D eigenvalue weighted by atomic mass is 10.1. The number of rotatable bonds is 1. The molecule has 0 aromatic rings. The van der Waals surface area contributed by atoms with Gasteiger partial charge in [0.25, 0.3) is 0 Å². The summed E-state index contributed by atoms with van der Waals surface area (Å²) in [4.78, 5) is 0. The van der Waals surface area contributed by atoms with Gasteiger partial charge in [0.1, 0.15) is 0 Å². The Labute approximate surface area is 60.4 Å². The highest BCUT2D eigenvalue weighted by Gasteiger charge is 2.37. The van der Waals surface area contributed by atoms with Crippen LogP contribution in [0.1, 0.15) is 12.8 Å². The third-order valence-electron chi connectivity index (χ3n) is 2.40. The van der Waals surface area contributed by atoms with E-state index in [1.54, 1.807) is 0 Å². The van der Waals surface area contributed by atoms with Crippen LogP contribution in [-0.4, -0.2) is 36.5 Å². The van der Waals surface area contributed by atoms with E-state index in [0.29, 0.717) is 12.1 Å². The molecular weight excluding hydrogens is 130 g/mol. The first-order chi connectivity index (χ1) is 4.90. The highest BCUT2D eigenvalue weighted by molar-refractivity contribution is 4.94. The van der Waals surface area contributed by atoms with Crippen LogP contribution in [0.3, 0.4) is 0 Å². The van der Waals surface area contributed by atoms with E-state index >= 15 is 0 Å². The van der Waals surface area contributed by atoms with Gasteiger partial charge in [-0.25, -0.2) is 0 Å². The van der Waals surface area contributed by atoms with E-state index < -0.39 is 0 Å². The first-order valence-electron chi connectivity index (χ1n) is 3.88. The molecular formula is C7H13NO2. The molecule has 0 aromatic heterocycles. The second kappa shape index (κ2) is 2.49. The lowest BCUT2D eigenvalue weighted by Crippen LogP contribution is -2.32. The molecule has 0 bridgehead atoms. The van der Waals surface area contributed by atoms with Crippen LogP contribution < -0.4 is 5.32 Å². The molecule has 2 rings (SSSR count). The summed E-state index contributed by atoms with van der Waals surface area (Å²) in [7, 11) is 0. The number of aliphatic hydroxyl groups excluding tert-OH is 1. The Hall–Kier alpha value is -0.120. The van der Waals surface area contributed by atoms with E-state index in [0.717, 1.165) is 19.4 Å². The predicted molar refractivity (Wildman–Crippen MR) is 36.8 cm³/mol. The molecule has 0 amide bonds. The maximum Gasteiger partial charge on any atom is 0.0744 e. The minimum absolute atomic E-state index is 0.246. The van der Waals surface area contributed by atoms with E-state index in [4.69, 9.17) is 9.84 Å². The second-order valence-corrected chi connectivity index (χ2v) is 3.09. The van der Waals surface area contributed by atoms with E-state index in [-0.39, 0.29) is 12.6 Å². The fourth-order valence-electron chi connectivity index (χ4n) is 1.85. The Kier molecular flexibility index (Phi) is 1.64. The van der Waals surface area contributed by atoms with Crippen molar-refractivity contribution in [2.45, 2.75) is 31.0 Å². The summed E-state index contributed by atoms with van der Waals surface area (Å²) in [5.74, 6) is 0. The van der Waals surface area contributed by atoms with Gasteiger partial charge in [-0.3, -0.25) is 0 Å². The predicted octanol–water partition coefficient (Wildman–Crippen LogP) is -0.502. The fraction of sp³-hybridized carbons (Fsp3) is 1.00. The molecule has 0 aromatic carbocycles. The van der Waals surface area contributed by atoms with Crippen LogP contribution in [0.4, 0.5) is 0 Å². The van der Waals surface area contributed by atoms with Crippen molar-refractivity contribution >= 4 is 0 Å². The molecule has 2 aliphatic rings. The summed E-state index contributed by atoms with van der Waals surface area (Å²) in [6.45, 7) is 1.14. The minimum Gasteiger partial charge on any atom is -0.395 e. The summed E-state index contributed by atoms with van der Waals surface area (Å²) < 4.78 is 5.44. The van der Waals surface area contributed by atoms with Crippen LogP contribution in [0.2, 0.25) is 0 Å². The smallest absolute Gasteiger partial charge is 0.0744 e. The van der Waals surface area contributed by atoms with Crippen molar-refractivity contribution in [3.8, 4) is 0 Å². The lowest BCUT2D eigenvalue weighted by Gasteiger charge is -2.07. The van der Waals surface area contributed by atoms with Gasteiger partial charge in [-0.2, -0.15) is 0 Å². The Morgan fingerprint density at radius 2 is 2.50 bits per heavy atom. The van der Waals surface area contributed by atoms with Crippen LogP contribution in [0.15, 0.2) is 0 Å². The van der Waals surface area contributed by atoms with Crippen molar-refractivity contribution in [2.24, 2.45) is 0 Å². The third kappa shape index (κ3) is 0.944. The summed E-state index contributed by atoms with van der Waals surface area (Å²) in [6.07, 6.45) is 2.49. The molecule has 0 spiro atoms. The van der Waals surface area contributed by atoms with Gasteiger partial charge in [0.2, 0.25) is 0 Å². The molecule has 0 radical (unpaired) electrons. The SMILES string of the molecule is OCC1CC2OCCC2N1. The van der Waals surface area contributed by atoms with Crippen molar-refractivity contribution in [3.63, 3.8) is 0 Å². The number of hydrogen-bond acceptors (Lipinski definition) is 3. The average molecular weight is 143 g/mol. The summed E-state index contributed by atoms with van der Waals surface area (Å²) in [5.41, 5.74) is 0. The summed E-state index contributed by atoms with van der Waals surface area (Å²) in [5, 5.41) is 12.1. The molecule has 0 saturated carbocycles. The van der Waals surface area contributed by atoms with Gasteiger partial charge in [0.05, 0.1) is 12.7 Å². The first kappa shape index (κ1) is 6.58. The number of aliphatic hydroxyl groups is 1. The van der Waals surface area contributed by atoms with E-state index in [1.807, 2.05) is 0 Å². The van der Waals surface area contributed by atoms with Crippen molar-refractivity contribution in [3.05, 3.63) is 0 Å². The molecule has 2 aliphatic heterocycles. The van der Waals surface area contributed by atoms with Gasteiger partial charge in [-0.1, -0.05) is 0 Å². The van der Waals surface area contributed by atoms with Crippen LogP contribution in [0, 0.1) is 0 Å². The molecule has 3 heteroatoms. The second-order valence-electron chi connectivity index (χ2n) is 3.09. The van der Waals surface area contributed by atoms with Gasteiger partial charge in [-0.15, -0.1) is 0 Å². The van der Waals surface area contributed by atoms with Gasteiger partial charge in [-0.05, 0) is 12.8 Å². The normalized spacial score (nSPS) is 45.9. The van der Waals surface area contributed by atoms with Gasteiger partial charge in [0, 0.05) is 18.7 Å². The largest absolute Gasteiger partial charge is 0.395 e. The van der Waals surface area contributed by atoms with E-state index in [2.05, 4.69) is 5.32 Å². The van der Waals surface area contributed by atoms with E-state index in [9.17, 15) is 0 Å². The third-order valence-corrected chi connectivity index (χ3v) is 2.40. The fourth-order valence-corrected chi connectivity index (χ4v) is 1.85. The van der Waals surface area contributed by atoms with Crippen molar-refractivity contribution in [1.29, 1.82) is 0 Å². The zero-order valence-corrected chi connectivity index (χ0v) is 5.92. The standard InChI is InChI=1S/C7H13NO2/c9-4-5-3-7-6(8-5)1-2-10-7/h5-9H,1-4H2. The minimum atomic E-state index is 0.246. The van der Waals surface area contributed by atoms with Crippen LogP contribution in [-0.2, 0) is 4.74 Å². The molecule has 3 unspecified atom stereocenters. The maximum atomic E-state index is 8.80. The quantitative estimate of drug-likeness (QED) is 0.520. The molecule has 2 heterocycles. The van der Waals surface area contributed by atoms with Crippen LogP contribution in [0.5, 0.6) is 0 Å². The molecule has 0 aliphatic carbocycles. The molecule has 58 valence electrons. The number of fused-ring (bicyclic) bond motifs is 1. The van der Waals surface area contributed by atoms with Crippen molar-refractivity contribution < 1.29 is 9.84 Å². The molecule has 2 fully saturated rings. The van der Waals surface area contributed by atoms with Gasteiger partial charge < -0.3 is 15.2 Å². The number of ether oxygens (including phenoxy) is 1. The highest BCUT2D eigenvalue weighted by Crippen LogP contribution is 2.24. The topological polar surface area (TPSA) is 41.5 Å². The average Bonchev–Trinajstić information content (AvgIpc) is 2.42. The maximum absolute atomic E-state index is 8.80. The Morgan fingerprint density at radius 1 is 1.60 bits per heavy atom. The zero-order chi connectivity index (χ0) is 6.97. The zero-order valence-electron chi connectivity index (χ0n) is 5.92. The Morgan fingerprint density at radius 3 is 3.20 bits per heavy atom. The number of nitrogens with one attached hydrogen (secondary N) is 1. The van der Waals surface area contributed by atoms with Crippen LogP contribution >= 0.6 is 0 Å². The Bertz CT molecular complexity index is 117. The van der Waals surface area contributed by atoms with E-state index in [1.165, 1.54) is 0 Å². The lowest BCUT2D eigenvalue weighted by molar-refractivity contribution is 0.106. The van der Waals surface area contributed by atoms with Gasteiger partial charge >= 0.3 is 0 Å². The number of hydrogen-bond donors (Lipinski definition) is 2. The molecule has 3 nitrogen and oxygen atoms in total.